The van der Waals surface area contributed by atoms with Gasteiger partial charge < -0.3 is 53.2 Å². The summed E-state index contributed by atoms with van der Waals surface area (Å²) in [6.45, 7) is 2.87. The molecule has 0 spiro atoms. The molecule has 3 N–H and O–H groups in total. The topological polar surface area (TPSA) is 246 Å². The second-order valence-corrected chi connectivity index (χ2v) is 9.74. The van der Waals surface area contributed by atoms with Gasteiger partial charge in [0.2, 0.25) is 6.29 Å². The molecule has 10 atom stereocenters. The van der Waals surface area contributed by atoms with E-state index in [-0.39, 0.29) is 11.4 Å². The summed E-state index contributed by atoms with van der Waals surface area (Å²) in [5.74, 6) is -3.40. The first-order valence-corrected chi connectivity index (χ1v) is 13.2. The quantitative estimate of drug-likeness (QED) is 0.113. The van der Waals surface area contributed by atoms with E-state index < -0.39 is 103 Å². The van der Waals surface area contributed by atoms with Crippen molar-refractivity contribution in [2.75, 3.05) is 13.2 Å². The summed E-state index contributed by atoms with van der Waals surface area (Å²) < 4.78 is 44.2. The van der Waals surface area contributed by atoms with E-state index >= 15 is 0 Å². The van der Waals surface area contributed by atoms with Gasteiger partial charge in [-0.3, -0.25) is 29.3 Å². The Morgan fingerprint density at radius 1 is 0.773 bits per heavy atom. The minimum absolute atomic E-state index is 0.00368. The second-order valence-electron chi connectivity index (χ2n) is 9.74. The number of nitro benzene ring substituents is 1. The Morgan fingerprint density at radius 3 is 1.84 bits per heavy atom. The molecule has 1 aromatic rings. The van der Waals surface area contributed by atoms with Gasteiger partial charge in [0.1, 0.15) is 36.8 Å². The molecule has 3 rings (SSSR count). The van der Waals surface area contributed by atoms with Crippen molar-refractivity contribution in [2.45, 2.75) is 89.1 Å². The molecule has 0 unspecified atom stereocenters. The number of esters is 4. The summed E-state index contributed by atoms with van der Waals surface area (Å²) in [4.78, 5) is 58.1. The molecule has 2 fully saturated rings. The van der Waals surface area contributed by atoms with Crippen LogP contribution in [0.3, 0.4) is 0 Å². The fourth-order valence-electron chi connectivity index (χ4n) is 4.53. The third kappa shape index (κ3) is 8.80. The highest BCUT2D eigenvalue weighted by Gasteiger charge is 2.56. The summed E-state index contributed by atoms with van der Waals surface area (Å²) in [7, 11) is 0. The lowest BCUT2D eigenvalue weighted by atomic mass is 9.96. The molecule has 18 nitrogen and oxygen atoms in total. The number of aliphatic hydroxyl groups is 3. The maximum atomic E-state index is 12.1. The summed E-state index contributed by atoms with van der Waals surface area (Å²) in [5.41, 5.74) is -0.254. The number of nitrogens with zero attached hydrogens (tertiary/aromatic N) is 1. The first kappa shape index (κ1) is 34.5. The molecule has 2 heterocycles. The molecular weight excluding hydrogens is 598 g/mol. The average molecular weight is 632 g/mol. The van der Waals surface area contributed by atoms with Gasteiger partial charge in [0, 0.05) is 39.8 Å². The van der Waals surface area contributed by atoms with Gasteiger partial charge in [-0.25, -0.2) is 0 Å². The maximum Gasteiger partial charge on any atom is 0.303 e. The highest BCUT2D eigenvalue weighted by molar-refractivity contribution is 5.68. The van der Waals surface area contributed by atoms with Crippen molar-refractivity contribution in [3.63, 3.8) is 0 Å². The lowest BCUT2D eigenvalue weighted by Gasteiger charge is -2.47. The summed E-state index contributed by atoms with van der Waals surface area (Å²) >= 11 is 0. The molecule has 0 bridgehead atoms. The van der Waals surface area contributed by atoms with Crippen molar-refractivity contribution < 1.29 is 77.3 Å². The number of rotatable bonds is 11. The fraction of sp³-hybridized carbons (Fsp3) is 0.615. The smallest absolute Gasteiger partial charge is 0.303 e. The molecular formula is C26H33NO17. The van der Waals surface area contributed by atoms with E-state index in [9.17, 15) is 44.6 Å². The third-order valence-electron chi connectivity index (χ3n) is 6.36. The molecule has 0 aromatic heterocycles. The van der Waals surface area contributed by atoms with Crippen LogP contribution in [0.15, 0.2) is 24.3 Å². The Labute approximate surface area is 249 Å². The zero-order valence-corrected chi connectivity index (χ0v) is 24.0. The monoisotopic (exact) mass is 631 g/mol. The fourth-order valence-corrected chi connectivity index (χ4v) is 4.53. The van der Waals surface area contributed by atoms with Crippen LogP contribution in [0.4, 0.5) is 5.69 Å². The van der Waals surface area contributed by atoms with E-state index in [0.717, 1.165) is 39.8 Å². The van der Waals surface area contributed by atoms with E-state index in [1.807, 2.05) is 0 Å². The van der Waals surface area contributed by atoms with Crippen molar-refractivity contribution in [3.05, 3.63) is 34.4 Å². The van der Waals surface area contributed by atoms with E-state index in [2.05, 4.69) is 0 Å². The van der Waals surface area contributed by atoms with Gasteiger partial charge in [0.25, 0.3) is 5.69 Å². The van der Waals surface area contributed by atoms with E-state index in [1.54, 1.807) is 0 Å². The second kappa shape index (κ2) is 15.2. The van der Waals surface area contributed by atoms with Crippen LogP contribution in [0.2, 0.25) is 0 Å². The first-order chi connectivity index (χ1) is 20.7. The van der Waals surface area contributed by atoms with Crippen LogP contribution in [0.25, 0.3) is 0 Å². The van der Waals surface area contributed by atoms with Gasteiger partial charge in [-0.2, -0.15) is 0 Å². The summed E-state index contributed by atoms with van der Waals surface area (Å²) in [6.07, 6.45) is -16.2. The van der Waals surface area contributed by atoms with Crippen molar-refractivity contribution in [2.24, 2.45) is 0 Å². The standard InChI is InChI=1S/C26H33NO17/c1-11(29)37-10-18-21(38-12(2)30)23(39-13(3)31)24(40-14(4)32)26(43-18)44-22-20(34)19(33)17(9-28)42-25(22)41-16-7-5-15(6-8-16)27(35)36/h5-8,17-26,28,33-34H,9-10H2,1-4H3/t17-,18-,19-,20+,21-,22+,23+,24+,25+,26-/m1/s1. The number of benzene rings is 1. The number of carbonyl (C=O) groups is 4. The Balaban J connectivity index is 2.02. The zero-order valence-electron chi connectivity index (χ0n) is 24.0. The predicted octanol–water partition coefficient (Wildman–Crippen LogP) is -1.12. The van der Waals surface area contributed by atoms with Crippen LogP contribution in [0.5, 0.6) is 5.75 Å². The molecule has 244 valence electrons. The van der Waals surface area contributed by atoms with Crippen LogP contribution in [-0.4, -0.2) is 119 Å². The highest BCUT2D eigenvalue weighted by atomic mass is 16.8. The SMILES string of the molecule is CC(=O)OC[C@H]1O[C@H](O[C@@H]2[C@@H](Oc3ccc([N+](=O)[O-])cc3)O[C@H](CO)[C@@H](O)[C@@H]2O)[C@@H](OC(C)=O)[C@@H](OC(C)=O)[C@@H]1OC(C)=O. The van der Waals surface area contributed by atoms with Crippen molar-refractivity contribution >= 4 is 29.6 Å². The van der Waals surface area contributed by atoms with Crippen LogP contribution in [-0.2, 0) is 52.3 Å². The van der Waals surface area contributed by atoms with Gasteiger partial charge in [0.05, 0.1) is 11.5 Å². The molecule has 18 heteroatoms. The van der Waals surface area contributed by atoms with Crippen LogP contribution in [0, 0.1) is 10.1 Å². The molecule has 0 radical (unpaired) electrons. The highest BCUT2D eigenvalue weighted by Crippen LogP contribution is 2.34. The molecule has 2 aliphatic heterocycles. The molecule has 2 aliphatic rings. The summed E-state index contributed by atoms with van der Waals surface area (Å²) in [6, 6.07) is 4.70. The Hall–Kier alpha value is -3.94. The molecule has 0 amide bonds. The number of non-ortho nitro benzene ring substituents is 1. The van der Waals surface area contributed by atoms with Crippen LogP contribution >= 0.6 is 0 Å². The van der Waals surface area contributed by atoms with Crippen molar-refractivity contribution in [1.82, 2.24) is 0 Å². The van der Waals surface area contributed by atoms with Crippen LogP contribution < -0.4 is 4.74 Å². The van der Waals surface area contributed by atoms with Gasteiger partial charge in [-0.05, 0) is 12.1 Å². The van der Waals surface area contributed by atoms with Gasteiger partial charge in [0.15, 0.2) is 30.7 Å². The Morgan fingerprint density at radius 2 is 1.32 bits per heavy atom. The van der Waals surface area contributed by atoms with E-state index in [1.165, 1.54) is 12.1 Å². The minimum Gasteiger partial charge on any atom is -0.463 e. The lowest BCUT2D eigenvalue weighted by Crippen LogP contribution is -2.66. The third-order valence-corrected chi connectivity index (χ3v) is 6.36. The van der Waals surface area contributed by atoms with Crippen LogP contribution in [0.1, 0.15) is 27.7 Å². The molecule has 1 aromatic carbocycles. The molecule has 0 saturated carbocycles. The molecule has 0 aliphatic carbocycles. The largest absolute Gasteiger partial charge is 0.463 e. The number of aliphatic hydroxyl groups excluding tert-OH is 3. The number of carbonyl (C=O) groups excluding carboxylic acids is 4. The Bertz CT molecular complexity index is 1190. The van der Waals surface area contributed by atoms with E-state index in [4.69, 9.17) is 37.9 Å². The predicted molar refractivity (Wildman–Crippen MR) is 138 cm³/mol. The van der Waals surface area contributed by atoms with Gasteiger partial charge in [-0.15, -0.1) is 0 Å². The average Bonchev–Trinajstić information content (AvgIpc) is 2.94. The van der Waals surface area contributed by atoms with Gasteiger partial charge >= 0.3 is 23.9 Å². The number of ether oxygens (including phenoxy) is 8. The van der Waals surface area contributed by atoms with Crippen molar-refractivity contribution in [3.8, 4) is 5.75 Å². The molecule has 2 saturated heterocycles. The number of nitro groups is 1. The Kier molecular flexibility index (Phi) is 11.9. The van der Waals surface area contributed by atoms with E-state index in [0.29, 0.717) is 0 Å². The number of hydrogen-bond donors (Lipinski definition) is 3. The summed E-state index contributed by atoms with van der Waals surface area (Å²) in [5, 5.41) is 42.3. The zero-order chi connectivity index (χ0) is 32.7. The lowest BCUT2D eigenvalue weighted by molar-refractivity contribution is -0.384. The first-order valence-electron chi connectivity index (χ1n) is 13.2. The number of hydrogen-bond acceptors (Lipinski definition) is 17. The van der Waals surface area contributed by atoms with Crippen molar-refractivity contribution in [1.29, 1.82) is 0 Å². The minimum atomic E-state index is -1.85. The normalized spacial score (nSPS) is 31.7. The van der Waals surface area contributed by atoms with Gasteiger partial charge in [-0.1, -0.05) is 0 Å². The maximum absolute atomic E-state index is 12.1. The molecule has 44 heavy (non-hydrogen) atoms.